The monoisotopic (exact) mass is 311 g/mol. The molecule has 110 valence electrons. The van der Waals surface area contributed by atoms with E-state index in [-0.39, 0.29) is 0 Å². The Bertz CT molecular complexity index is 582. The highest BCUT2D eigenvalue weighted by atomic mass is 35.5. The lowest BCUT2D eigenvalue weighted by Crippen LogP contribution is -2.32. The number of aryl methyl sites for hydroxylation is 1. The van der Waals surface area contributed by atoms with Gasteiger partial charge in [0, 0.05) is 18.0 Å². The number of hydrogen-bond acceptors (Lipinski definition) is 4. The fraction of sp³-hybridized carbons (Fsp3) is 0.600. The molecule has 5 heteroatoms. The molecule has 2 rings (SSSR count). The lowest BCUT2D eigenvalue weighted by atomic mass is 10.1. The molecule has 2 heterocycles. The van der Waals surface area contributed by atoms with Crippen LogP contribution in [0.5, 0.6) is 0 Å². The summed E-state index contributed by atoms with van der Waals surface area (Å²) in [7, 11) is 0. The van der Waals surface area contributed by atoms with E-state index in [4.69, 9.17) is 11.6 Å². The van der Waals surface area contributed by atoms with Crippen molar-refractivity contribution in [2.75, 3.05) is 18.0 Å². The molecule has 0 aliphatic rings. The second-order valence-corrected chi connectivity index (χ2v) is 7.66. The summed E-state index contributed by atoms with van der Waals surface area (Å²) in [6.07, 6.45) is 0. The average Bonchev–Trinajstić information content (AvgIpc) is 2.65. The molecule has 0 spiro atoms. The van der Waals surface area contributed by atoms with Crippen LogP contribution < -0.4 is 4.90 Å². The first-order valence-electron chi connectivity index (χ1n) is 7.05. The van der Waals surface area contributed by atoms with E-state index in [1.807, 2.05) is 0 Å². The normalized spacial score (nSPS) is 11.8. The van der Waals surface area contributed by atoms with Crippen LogP contribution in [0.15, 0.2) is 6.07 Å². The Kier molecular flexibility index (Phi) is 4.86. The topological polar surface area (TPSA) is 29.0 Å². The molecule has 0 bridgehead atoms. The van der Waals surface area contributed by atoms with E-state index in [0.29, 0.717) is 17.1 Å². The van der Waals surface area contributed by atoms with Gasteiger partial charge in [0.05, 0.1) is 5.39 Å². The minimum absolute atomic E-state index is 0.340. The molecule has 2 aromatic rings. The maximum atomic E-state index is 6.11. The highest BCUT2D eigenvalue weighted by Crippen LogP contribution is 2.32. The first-order valence-corrected chi connectivity index (χ1v) is 8.25. The maximum Gasteiger partial charge on any atom is 0.225 e. The van der Waals surface area contributed by atoms with Gasteiger partial charge in [-0.25, -0.2) is 4.98 Å². The molecule has 0 aromatic carbocycles. The second-order valence-electron chi connectivity index (χ2n) is 6.08. The summed E-state index contributed by atoms with van der Waals surface area (Å²) in [6, 6.07) is 2.17. The molecule has 0 atom stereocenters. The van der Waals surface area contributed by atoms with E-state index in [0.717, 1.165) is 29.1 Å². The van der Waals surface area contributed by atoms with Gasteiger partial charge in [0.2, 0.25) is 5.28 Å². The molecule has 0 aliphatic carbocycles. The van der Waals surface area contributed by atoms with Crippen LogP contribution in [0, 0.1) is 18.8 Å². The molecule has 0 saturated heterocycles. The predicted octanol–water partition coefficient (Wildman–Crippen LogP) is 4.77. The van der Waals surface area contributed by atoms with Gasteiger partial charge in [-0.15, -0.1) is 11.3 Å². The highest BCUT2D eigenvalue weighted by Gasteiger charge is 2.18. The van der Waals surface area contributed by atoms with Crippen LogP contribution in [-0.2, 0) is 0 Å². The first-order chi connectivity index (χ1) is 9.36. The summed E-state index contributed by atoms with van der Waals surface area (Å²) < 4.78 is 0. The standard InChI is InChI=1S/C15H22ClN3S/c1-9(2)7-19(8-10(3)4)13-12-6-11(5)20-14(12)18-15(16)17-13/h6,9-10H,7-8H2,1-5H3. The van der Waals surface area contributed by atoms with Gasteiger partial charge >= 0.3 is 0 Å². The van der Waals surface area contributed by atoms with E-state index in [1.165, 1.54) is 4.88 Å². The van der Waals surface area contributed by atoms with Crippen LogP contribution in [0.4, 0.5) is 5.82 Å². The Morgan fingerprint density at radius 2 is 1.75 bits per heavy atom. The minimum Gasteiger partial charge on any atom is -0.355 e. The molecule has 0 N–H and O–H groups in total. The van der Waals surface area contributed by atoms with E-state index in [9.17, 15) is 0 Å². The van der Waals surface area contributed by atoms with Crippen molar-refractivity contribution >= 4 is 39.0 Å². The highest BCUT2D eigenvalue weighted by molar-refractivity contribution is 7.18. The maximum absolute atomic E-state index is 6.11. The van der Waals surface area contributed by atoms with Crippen molar-refractivity contribution in [2.45, 2.75) is 34.6 Å². The second kappa shape index (κ2) is 6.27. The fourth-order valence-corrected chi connectivity index (χ4v) is 3.46. The minimum atomic E-state index is 0.340. The number of anilines is 1. The molecular weight excluding hydrogens is 290 g/mol. The molecule has 0 radical (unpaired) electrons. The fourth-order valence-electron chi connectivity index (χ4n) is 2.37. The van der Waals surface area contributed by atoms with Crippen LogP contribution >= 0.6 is 22.9 Å². The van der Waals surface area contributed by atoms with E-state index < -0.39 is 0 Å². The van der Waals surface area contributed by atoms with Crippen molar-refractivity contribution < 1.29 is 0 Å². The summed E-state index contributed by atoms with van der Waals surface area (Å²) in [6.45, 7) is 13.0. The van der Waals surface area contributed by atoms with Gasteiger partial charge in [0.25, 0.3) is 0 Å². The predicted molar refractivity (Wildman–Crippen MR) is 89.1 cm³/mol. The molecule has 0 saturated carbocycles. The van der Waals surface area contributed by atoms with Gasteiger partial charge < -0.3 is 4.90 Å². The van der Waals surface area contributed by atoms with Crippen LogP contribution in [-0.4, -0.2) is 23.1 Å². The van der Waals surface area contributed by atoms with Crippen molar-refractivity contribution in [3.63, 3.8) is 0 Å². The van der Waals surface area contributed by atoms with Gasteiger partial charge in [-0.2, -0.15) is 4.98 Å². The number of nitrogens with zero attached hydrogens (tertiary/aromatic N) is 3. The Morgan fingerprint density at radius 3 is 2.30 bits per heavy atom. The van der Waals surface area contributed by atoms with Gasteiger partial charge in [0.1, 0.15) is 10.6 Å². The third-order valence-electron chi connectivity index (χ3n) is 2.94. The largest absolute Gasteiger partial charge is 0.355 e. The Balaban J connectivity index is 2.50. The van der Waals surface area contributed by atoms with Crippen LogP contribution in [0.1, 0.15) is 32.6 Å². The van der Waals surface area contributed by atoms with E-state index in [1.54, 1.807) is 11.3 Å². The van der Waals surface area contributed by atoms with Crippen LogP contribution in [0.25, 0.3) is 10.2 Å². The van der Waals surface area contributed by atoms with Crippen LogP contribution in [0.2, 0.25) is 5.28 Å². The zero-order valence-electron chi connectivity index (χ0n) is 12.8. The lowest BCUT2D eigenvalue weighted by Gasteiger charge is -2.28. The molecule has 2 aromatic heterocycles. The first kappa shape index (κ1) is 15.5. The molecule has 3 nitrogen and oxygen atoms in total. The average molecular weight is 312 g/mol. The third kappa shape index (κ3) is 3.61. The van der Waals surface area contributed by atoms with Gasteiger partial charge in [0.15, 0.2) is 0 Å². The van der Waals surface area contributed by atoms with Crippen molar-refractivity contribution in [3.8, 4) is 0 Å². The van der Waals surface area contributed by atoms with Crippen molar-refractivity contribution in [3.05, 3.63) is 16.2 Å². The Morgan fingerprint density at radius 1 is 1.15 bits per heavy atom. The lowest BCUT2D eigenvalue weighted by molar-refractivity contribution is 0.550. The van der Waals surface area contributed by atoms with Crippen molar-refractivity contribution in [1.29, 1.82) is 0 Å². The van der Waals surface area contributed by atoms with Gasteiger partial charge in [-0.3, -0.25) is 0 Å². The van der Waals surface area contributed by atoms with E-state index in [2.05, 4.69) is 55.6 Å². The molecular formula is C15H22ClN3S. The summed E-state index contributed by atoms with van der Waals surface area (Å²) in [5, 5.41) is 1.46. The number of thiophene rings is 1. The van der Waals surface area contributed by atoms with Gasteiger partial charge in [-0.05, 0) is 36.4 Å². The number of fused-ring (bicyclic) bond motifs is 1. The Hall–Kier alpha value is -0.870. The molecule has 20 heavy (non-hydrogen) atoms. The molecule has 0 unspecified atom stereocenters. The number of aromatic nitrogens is 2. The number of hydrogen-bond donors (Lipinski definition) is 0. The molecule has 0 amide bonds. The molecule has 0 aliphatic heterocycles. The number of rotatable bonds is 5. The zero-order chi connectivity index (χ0) is 14.9. The van der Waals surface area contributed by atoms with Crippen molar-refractivity contribution in [1.82, 2.24) is 9.97 Å². The summed E-state index contributed by atoms with van der Waals surface area (Å²) in [5.74, 6) is 2.14. The summed E-state index contributed by atoms with van der Waals surface area (Å²) in [4.78, 5) is 13.4. The summed E-state index contributed by atoms with van der Waals surface area (Å²) in [5.41, 5.74) is 0. The smallest absolute Gasteiger partial charge is 0.225 e. The van der Waals surface area contributed by atoms with Gasteiger partial charge in [-0.1, -0.05) is 27.7 Å². The van der Waals surface area contributed by atoms with E-state index >= 15 is 0 Å². The third-order valence-corrected chi connectivity index (χ3v) is 4.05. The zero-order valence-corrected chi connectivity index (χ0v) is 14.3. The summed E-state index contributed by atoms with van der Waals surface area (Å²) >= 11 is 7.78. The Labute approximate surface area is 130 Å². The van der Waals surface area contributed by atoms with Crippen LogP contribution in [0.3, 0.4) is 0 Å². The molecule has 0 fully saturated rings. The van der Waals surface area contributed by atoms with Crippen molar-refractivity contribution in [2.24, 2.45) is 11.8 Å². The number of halogens is 1. The quantitative estimate of drug-likeness (QED) is 0.745. The SMILES string of the molecule is Cc1cc2c(N(CC(C)C)CC(C)C)nc(Cl)nc2s1.